The molecule has 2 aromatic rings. The van der Waals surface area contributed by atoms with Gasteiger partial charge in [-0.3, -0.25) is 4.79 Å². The Kier molecular flexibility index (Phi) is 6.65. The number of carbonyl (C=O) groups excluding carboxylic acids is 1. The van der Waals surface area contributed by atoms with E-state index in [9.17, 15) is 13.2 Å². The number of hydrogen-bond acceptors (Lipinski definition) is 5. The van der Waals surface area contributed by atoms with Crippen LogP contribution in [0.15, 0.2) is 41.3 Å². The molecule has 1 aliphatic carbocycles. The lowest BCUT2D eigenvalue weighted by atomic mass is 10.1. The van der Waals surface area contributed by atoms with E-state index in [1.165, 1.54) is 22.5 Å². The standard InChI is InChI=1S/C23H27ClN2O5S/c1-30-18-7-10-22(31-2)16(13-18)15-26(17-5-6-17)23(27)20-14-19(8-9-21(20)24)32(28,29)25-11-3-4-12-25/h7-10,13-14,17H,3-6,11-12,15H2,1-2H3. The second-order valence-corrected chi connectivity index (χ2v) is 10.4. The first-order valence-corrected chi connectivity index (χ1v) is 12.5. The van der Waals surface area contributed by atoms with Crippen LogP contribution in [0.5, 0.6) is 11.5 Å². The third-order valence-electron chi connectivity index (χ3n) is 5.95. The number of ether oxygens (including phenoxy) is 2. The second-order valence-electron chi connectivity index (χ2n) is 8.09. The van der Waals surface area contributed by atoms with Crippen LogP contribution in [-0.4, -0.2) is 56.9 Å². The molecule has 0 unspecified atom stereocenters. The summed E-state index contributed by atoms with van der Waals surface area (Å²) >= 11 is 6.38. The maximum Gasteiger partial charge on any atom is 0.255 e. The molecule has 172 valence electrons. The lowest BCUT2D eigenvalue weighted by molar-refractivity contribution is 0.0728. The van der Waals surface area contributed by atoms with Gasteiger partial charge in [-0.2, -0.15) is 4.31 Å². The van der Waals surface area contributed by atoms with Crippen molar-refractivity contribution in [2.45, 2.75) is 43.2 Å². The summed E-state index contributed by atoms with van der Waals surface area (Å²) in [5.41, 5.74) is 1.00. The monoisotopic (exact) mass is 478 g/mol. The number of halogens is 1. The number of benzene rings is 2. The molecule has 0 atom stereocenters. The van der Waals surface area contributed by atoms with Gasteiger partial charge in [0, 0.05) is 24.7 Å². The maximum absolute atomic E-state index is 13.6. The Labute approximate surface area is 193 Å². The normalized spacial score (nSPS) is 16.7. The van der Waals surface area contributed by atoms with Crippen LogP contribution in [0, 0.1) is 0 Å². The van der Waals surface area contributed by atoms with Gasteiger partial charge >= 0.3 is 0 Å². The van der Waals surface area contributed by atoms with E-state index in [1.807, 2.05) is 6.07 Å². The molecule has 32 heavy (non-hydrogen) atoms. The molecule has 1 amide bonds. The zero-order chi connectivity index (χ0) is 22.9. The van der Waals surface area contributed by atoms with Crippen LogP contribution >= 0.6 is 11.6 Å². The fraction of sp³-hybridized carbons (Fsp3) is 0.435. The average molecular weight is 479 g/mol. The summed E-state index contributed by atoms with van der Waals surface area (Å²) < 4.78 is 38.3. The quantitative estimate of drug-likeness (QED) is 0.574. The van der Waals surface area contributed by atoms with Crippen molar-refractivity contribution in [3.8, 4) is 11.5 Å². The third kappa shape index (κ3) is 4.58. The van der Waals surface area contributed by atoms with E-state index < -0.39 is 10.0 Å². The minimum absolute atomic E-state index is 0.0771. The summed E-state index contributed by atoms with van der Waals surface area (Å²) in [7, 11) is -0.487. The fourth-order valence-corrected chi connectivity index (χ4v) is 5.75. The molecule has 9 heteroatoms. The van der Waals surface area contributed by atoms with E-state index >= 15 is 0 Å². The van der Waals surface area contributed by atoms with Crippen molar-refractivity contribution >= 4 is 27.5 Å². The van der Waals surface area contributed by atoms with Crippen LogP contribution in [0.25, 0.3) is 0 Å². The fourth-order valence-electron chi connectivity index (χ4n) is 4.00. The molecule has 0 spiro atoms. The van der Waals surface area contributed by atoms with Gasteiger partial charge in [-0.05, 0) is 62.1 Å². The average Bonchev–Trinajstić information content (AvgIpc) is 3.48. The van der Waals surface area contributed by atoms with E-state index in [4.69, 9.17) is 21.1 Å². The number of rotatable bonds is 8. The lowest BCUT2D eigenvalue weighted by Crippen LogP contribution is -2.33. The predicted molar refractivity (Wildman–Crippen MR) is 122 cm³/mol. The van der Waals surface area contributed by atoms with Crippen molar-refractivity contribution < 1.29 is 22.7 Å². The first-order valence-electron chi connectivity index (χ1n) is 10.7. The lowest BCUT2D eigenvalue weighted by Gasteiger charge is -2.25. The summed E-state index contributed by atoms with van der Waals surface area (Å²) in [6.45, 7) is 1.31. The third-order valence-corrected chi connectivity index (χ3v) is 8.17. The largest absolute Gasteiger partial charge is 0.497 e. The minimum atomic E-state index is -3.65. The Morgan fingerprint density at radius 2 is 1.81 bits per heavy atom. The molecule has 0 radical (unpaired) electrons. The molecule has 2 aromatic carbocycles. The van der Waals surface area contributed by atoms with Gasteiger partial charge in [0.05, 0.1) is 36.2 Å². The van der Waals surface area contributed by atoms with Crippen LogP contribution in [0.4, 0.5) is 0 Å². The number of hydrogen-bond donors (Lipinski definition) is 0. The Balaban J connectivity index is 1.66. The molecule has 1 saturated heterocycles. The van der Waals surface area contributed by atoms with Gasteiger partial charge < -0.3 is 14.4 Å². The number of nitrogens with zero attached hydrogens (tertiary/aromatic N) is 2. The molecule has 1 heterocycles. The van der Waals surface area contributed by atoms with Crippen molar-refractivity contribution in [3.63, 3.8) is 0 Å². The van der Waals surface area contributed by atoms with Gasteiger partial charge in [0.25, 0.3) is 5.91 Å². The zero-order valence-corrected chi connectivity index (χ0v) is 19.8. The molecule has 1 aliphatic heterocycles. The highest BCUT2D eigenvalue weighted by Gasteiger charge is 2.35. The Bertz CT molecular complexity index is 1110. The topological polar surface area (TPSA) is 76.1 Å². The van der Waals surface area contributed by atoms with E-state index in [2.05, 4.69) is 0 Å². The summed E-state index contributed by atoms with van der Waals surface area (Å²) in [4.78, 5) is 15.4. The smallest absolute Gasteiger partial charge is 0.255 e. The number of sulfonamides is 1. The molecule has 2 fully saturated rings. The highest BCUT2D eigenvalue weighted by atomic mass is 35.5. The first kappa shape index (κ1) is 22.9. The van der Waals surface area contributed by atoms with Crippen LogP contribution in [0.2, 0.25) is 5.02 Å². The van der Waals surface area contributed by atoms with Gasteiger partial charge in [-0.1, -0.05) is 11.6 Å². The van der Waals surface area contributed by atoms with Crippen LogP contribution < -0.4 is 9.47 Å². The molecule has 0 N–H and O–H groups in total. The predicted octanol–water partition coefficient (Wildman–Crippen LogP) is 3.95. The van der Waals surface area contributed by atoms with E-state index in [0.29, 0.717) is 31.1 Å². The molecule has 1 saturated carbocycles. The molecular weight excluding hydrogens is 452 g/mol. The Hall–Kier alpha value is -2.29. The molecule has 2 aliphatic rings. The highest BCUT2D eigenvalue weighted by molar-refractivity contribution is 7.89. The van der Waals surface area contributed by atoms with Gasteiger partial charge in [0.1, 0.15) is 11.5 Å². The molecule has 0 bridgehead atoms. The second kappa shape index (κ2) is 9.29. The summed E-state index contributed by atoms with van der Waals surface area (Å²) in [6.07, 6.45) is 3.47. The Morgan fingerprint density at radius 3 is 2.44 bits per heavy atom. The van der Waals surface area contributed by atoms with Crippen LogP contribution in [0.1, 0.15) is 41.6 Å². The van der Waals surface area contributed by atoms with Gasteiger partial charge in [-0.25, -0.2) is 8.42 Å². The minimum Gasteiger partial charge on any atom is -0.497 e. The zero-order valence-electron chi connectivity index (χ0n) is 18.2. The number of methoxy groups -OCH3 is 2. The summed E-state index contributed by atoms with van der Waals surface area (Å²) in [6, 6.07) is 9.91. The van der Waals surface area contributed by atoms with Crippen molar-refractivity contribution in [2.24, 2.45) is 0 Å². The molecule has 7 nitrogen and oxygen atoms in total. The van der Waals surface area contributed by atoms with E-state index in [-0.39, 0.29) is 27.4 Å². The Morgan fingerprint density at radius 1 is 1.09 bits per heavy atom. The highest BCUT2D eigenvalue weighted by Crippen LogP contribution is 2.35. The number of amides is 1. The summed E-state index contributed by atoms with van der Waals surface area (Å²) in [5.74, 6) is 1.03. The van der Waals surface area contributed by atoms with Crippen molar-refractivity contribution in [1.29, 1.82) is 0 Å². The SMILES string of the molecule is COc1ccc(OC)c(CN(C(=O)c2cc(S(=O)(=O)N3CCCC3)ccc2Cl)C2CC2)c1. The van der Waals surface area contributed by atoms with Crippen molar-refractivity contribution in [2.75, 3.05) is 27.3 Å². The van der Waals surface area contributed by atoms with Gasteiger partial charge in [0.15, 0.2) is 0 Å². The first-order chi connectivity index (χ1) is 15.3. The maximum atomic E-state index is 13.6. The number of carbonyl (C=O) groups is 1. The molecule has 4 rings (SSSR count). The van der Waals surface area contributed by atoms with Crippen molar-refractivity contribution in [3.05, 3.63) is 52.5 Å². The van der Waals surface area contributed by atoms with Crippen LogP contribution in [-0.2, 0) is 16.6 Å². The molecular formula is C23H27ClN2O5S. The van der Waals surface area contributed by atoms with E-state index in [1.54, 1.807) is 31.3 Å². The molecule has 0 aromatic heterocycles. The van der Waals surface area contributed by atoms with Crippen molar-refractivity contribution in [1.82, 2.24) is 9.21 Å². The van der Waals surface area contributed by atoms with Gasteiger partial charge in [-0.15, -0.1) is 0 Å². The van der Waals surface area contributed by atoms with E-state index in [0.717, 1.165) is 31.2 Å². The van der Waals surface area contributed by atoms with Crippen LogP contribution in [0.3, 0.4) is 0 Å². The van der Waals surface area contributed by atoms with Gasteiger partial charge in [0.2, 0.25) is 10.0 Å². The summed E-state index contributed by atoms with van der Waals surface area (Å²) in [5, 5.41) is 0.235.